The normalized spacial score (nSPS) is 14.6. The van der Waals surface area contributed by atoms with Crippen molar-refractivity contribution in [2.24, 2.45) is 5.92 Å². The third kappa shape index (κ3) is 5.23. The minimum Gasteiger partial charge on any atom is -0.508 e. The highest BCUT2D eigenvalue weighted by Gasteiger charge is 2.16. The van der Waals surface area contributed by atoms with E-state index in [2.05, 4.69) is 17.1 Å². The van der Waals surface area contributed by atoms with Crippen molar-refractivity contribution in [3.63, 3.8) is 0 Å². The summed E-state index contributed by atoms with van der Waals surface area (Å²) >= 11 is 0. The Morgan fingerprint density at radius 1 is 1.07 bits per heavy atom. The summed E-state index contributed by atoms with van der Waals surface area (Å²) in [6.07, 6.45) is 2.40. The first kappa shape index (κ1) is 18.8. The molecule has 0 unspecified atom stereocenters. The average molecular weight is 368 g/mol. The van der Waals surface area contributed by atoms with E-state index in [0.29, 0.717) is 5.69 Å². The summed E-state index contributed by atoms with van der Waals surface area (Å²) in [4.78, 5) is 26.2. The van der Waals surface area contributed by atoms with E-state index >= 15 is 0 Å². The van der Waals surface area contributed by atoms with Gasteiger partial charge in [0.25, 0.3) is 5.91 Å². The van der Waals surface area contributed by atoms with Gasteiger partial charge in [0.15, 0.2) is 6.61 Å². The molecule has 2 aromatic rings. The van der Waals surface area contributed by atoms with Crippen LogP contribution in [0.25, 0.3) is 0 Å². The van der Waals surface area contributed by atoms with Crippen LogP contribution in [0.3, 0.4) is 0 Å². The van der Waals surface area contributed by atoms with E-state index in [0.717, 1.165) is 24.7 Å². The lowest BCUT2D eigenvalue weighted by Gasteiger charge is -2.32. The van der Waals surface area contributed by atoms with Gasteiger partial charge in [0, 0.05) is 24.5 Å². The van der Waals surface area contributed by atoms with Gasteiger partial charge < -0.3 is 20.1 Å². The fourth-order valence-electron chi connectivity index (χ4n) is 3.03. The second-order valence-electron chi connectivity index (χ2n) is 6.89. The number of benzene rings is 2. The second-order valence-corrected chi connectivity index (χ2v) is 6.89. The zero-order chi connectivity index (χ0) is 19.2. The van der Waals surface area contributed by atoms with E-state index in [1.165, 1.54) is 37.1 Å². The highest BCUT2D eigenvalue weighted by atomic mass is 16.5. The van der Waals surface area contributed by atoms with Gasteiger partial charge >= 0.3 is 5.97 Å². The molecular formula is C21H24N2O4. The Morgan fingerprint density at radius 3 is 2.33 bits per heavy atom. The van der Waals surface area contributed by atoms with Crippen LogP contribution in [-0.2, 0) is 9.53 Å². The summed E-state index contributed by atoms with van der Waals surface area (Å²) in [7, 11) is 0. The largest absolute Gasteiger partial charge is 0.508 e. The molecule has 27 heavy (non-hydrogen) atoms. The summed E-state index contributed by atoms with van der Waals surface area (Å²) in [6.45, 7) is 4.02. The van der Waals surface area contributed by atoms with Gasteiger partial charge in [-0.1, -0.05) is 6.92 Å². The highest BCUT2D eigenvalue weighted by molar-refractivity contribution is 5.95. The maximum absolute atomic E-state index is 12.0. The molecule has 0 bridgehead atoms. The van der Waals surface area contributed by atoms with Gasteiger partial charge in [0.05, 0.1) is 5.56 Å². The van der Waals surface area contributed by atoms with Crippen molar-refractivity contribution in [3.8, 4) is 5.75 Å². The quantitative estimate of drug-likeness (QED) is 0.791. The molecule has 1 amide bonds. The lowest BCUT2D eigenvalue weighted by Crippen LogP contribution is -2.32. The minimum atomic E-state index is -0.611. The number of hydrogen-bond donors (Lipinski definition) is 2. The van der Waals surface area contributed by atoms with E-state index in [1.807, 2.05) is 24.3 Å². The van der Waals surface area contributed by atoms with E-state index in [4.69, 9.17) is 4.74 Å². The van der Waals surface area contributed by atoms with Crippen molar-refractivity contribution in [1.82, 2.24) is 0 Å². The maximum Gasteiger partial charge on any atom is 0.338 e. The molecule has 1 saturated heterocycles. The third-order valence-corrected chi connectivity index (χ3v) is 4.74. The van der Waals surface area contributed by atoms with E-state index in [1.54, 1.807) is 0 Å². The molecule has 2 aromatic carbocycles. The Labute approximate surface area is 158 Å². The Hall–Kier alpha value is -3.02. The minimum absolute atomic E-state index is 0.0619. The van der Waals surface area contributed by atoms with Gasteiger partial charge in [-0.2, -0.15) is 0 Å². The summed E-state index contributed by atoms with van der Waals surface area (Å²) in [5, 5.41) is 11.9. The van der Waals surface area contributed by atoms with Crippen molar-refractivity contribution in [3.05, 3.63) is 54.1 Å². The summed E-state index contributed by atoms with van der Waals surface area (Å²) in [5.74, 6) is -0.169. The van der Waals surface area contributed by atoms with Gasteiger partial charge in [0.2, 0.25) is 0 Å². The first-order valence-corrected chi connectivity index (χ1v) is 9.12. The Bertz CT molecular complexity index is 779. The van der Waals surface area contributed by atoms with Crippen LogP contribution in [0.5, 0.6) is 5.75 Å². The van der Waals surface area contributed by atoms with Gasteiger partial charge in [-0.25, -0.2) is 4.79 Å². The number of carbonyl (C=O) groups excluding carboxylic acids is 2. The summed E-state index contributed by atoms with van der Waals surface area (Å²) < 4.78 is 4.99. The number of aromatic hydroxyl groups is 1. The number of amides is 1. The summed E-state index contributed by atoms with van der Waals surface area (Å²) in [5.41, 5.74) is 2.09. The van der Waals surface area contributed by atoms with Crippen LogP contribution in [-0.4, -0.2) is 36.7 Å². The Morgan fingerprint density at radius 2 is 1.70 bits per heavy atom. The smallest absolute Gasteiger partial charge is 0.338 e. The molecule has 3 rings (SSSR count). The zero-order valence-corrected chi connectivity index (χ0v) is 15.4. The van der Waals surface area contributed by atoms with Crippen LogP contribution >= 0.6 is 0 Å². The van der Waals surface area contributed by atoms with Crippen molar-refractivity contribution in [2.45, 2.75) is 19.8 Å². The van der Waals surface area contributed by atoms with Crippen molar-refractivity contribution >= 4 is 23.3 Å². The molecule has 1 aliphatic heterocycles. The third-order valence-electron chi connectivity index (χ3n) is 4.74. The van der Waals surface area contributed by atoms with E-state index in [-0.39, 0.29) is 17.9 Å². The van der Waals surface area contributed by atoms with Gasteiger partial charge in [-0.3, -0.25) is 4.79 Å². The molecule has 2 N–H and O–H groups in total. The molecule has 1 fully saturated rings. The number of phenols is 1. The maximum atomic E-state index is 12.0. The standard InChI is InChI=1S/C21H24N2O4/c1-15-10-12-23(13-11-15)18-6-4-17(5-7-18)22-20(25)14-27-21(26)16-2-8-19(24)9-3-16/h2-9,15,24H,10-14H2,1H3,(H,22,25). The second kappa shape index (κ2) is 8.58. The van der Waals surface area contributed by atoms with Gasteiger partial charge in [-0.05, 0) is 67.3 Å². The fraction of sp³-hybridized carbons (Fsp3) is 0.333. The molecule has 0 saturated carbocycles. The molecule has 142 valence electrons. The average Bonchev–Trinajstić information content (AvgIpc) is 2.68. The van der Waals surface area contributed by atoms with Crippen LogP contribution in [0.1, 0.15) is 30.1 Å². The molecule has 0 radical (unpaired) electrons. The van der Waals surface area contributed by atoms with Gasteiger partial charge in [-0.15, -0.1) is 0 Å². The number of hydrogen-bond acceptors (Lipinski definition) is 5. The predicted octanol–water partition coefficient (Wildman–Crippen LogP) is 3.42. The lowest BCUT2D eigenvalue weighted by molar-refractivity contribution is -0.119. The molecule has 0 atom stereocenters. The van der Waals surface area contributed by atoms with E-state index in [9.17, 15) is 14.7 Å². The Kier molecular flexibility index (Phi) is 5.96. The number of esters is 1. The topological polar surface area (TPSA) is 78.9 Å². The molecule has 1 aliphatic rings. The first-order chi connectivity index (χ1) is 13.0. The molecule has 0 aromatic heterocycles. The lowest BCUT2D eigenvalue weighted by atomic mass is 9.99. The van der Waals surface area contributed by atoms with Crippen LogP contribution < -0.4 is 10.2 Å². The number of anilines is 2. The number of nitrogens with one attached hydrogen (secondary N) is 1. The number of piperidine rings is 1. The van der Waals surface area contributed by atoms with Crippen molar-refractivity contribution in [1.29, 1.82) is 0 Å². The zero-order valence-electron chi connectivity index (χ0n) is 15.4. The van der Waals surface area contributed by atoms with Crippen LogP contribution in [0.15, 0.2) is 48.5 Å². The molecular weight excluding hydrogens is 344 g/mol. The van der Waals surface area contributed by atoms with Gasteiger partial charge in [0.1, 0.15) is 5.75 Å². The Balaban J connectivity index is 1.47. The van der Waals surface area contributed by atoms with E-state index < -0.39 is 11.9 Å². The summed E-state index contributed by atoms with van der Waals surface area (Å²) in [6, 6.07) is 13.4. The highest BCUT2D eigenvalue weighted by Crippen LogP contribution is 2.24. The molecule has 6 nitrogen and oxygen atoms in total. The predicted molar refractivity (Wildman–Crippen MR) is 104 cm³/mol. The number of nitrogens with zero attached hydrogens (tertiary/aromatic N) is 1. The number of phenolic OH excluding ortho intramolecular Hbond substituents is 1. The fourth-order valence-corrected chi connectivity index (χ4v) is 3.03. The number of rotatable bonds is 5. The first-order valence-electron chi connectivity index (χ1n) is 9.12. The molecule has 6 heteroatoms. The monoisotopic (exact) mass is 368 g/mol. The molecule has 0 aliphatic carbocycles. The molecule has 0 spiro atoms. The number of ether oxygens (including phenoxy) is 1. The van der Waals surface area contributed by atoms with Crippen molar-refractivity contribution < 1.29 is 19.4 Å². The van der Waals surface area contributed by atoms with Crippen LogP contribution in [0, 0.1) is 5.92 Å². The SMILES string of the molecule is CC1CCN(c2ccc(NC(=O)COC(=O)c3ccc(O)cc3)cc2)CC1. The van der Waals surface area contributed by atoms with Crippen molar-refractivity contribution in [2.75, 3.05) is 29.9 Å². The number of carbonyl (C=O) groups is 2. The molecule has 1 heterocycles. The van der Waals surface area contributed by atoms with Crippen LogP contribution in [0.4, 0.5) is 11.4 Å². The van der Waals surface area contributed by atoms with Crippen LogP contribution in [0.2, 0.25) is 0 Å².